The van der Waals surface area contributed by atoms with Crippen LogP contribution in [0.2, 0.25) is 0 Å². The maximum absolute atomic E-state index is 10.3. The fraction of sp³-hybridized carbons (Fsp3) is 0.750. The predicted octanol–water partition coefficient (Wildman–Crippen LogP) is -2.99. The van der Waals surface area contributed by atoms with Crippen LogP contribution in [0.3, 0.4) is 0 Å². The third-order valence-electron chi connectivity index (χ3n) is 1.78. The van der Waals surface area contributed by atoms with Crippen molar-refractivity contribution in [2.45, 2.75) is 24.4 Å². The molecule has 17 heavy (non-hydrogen) atoms. The van der Waals surface area contributed by atoms with E-state index in [1.165, 1.54) is 7.05 Å². The Balaban J connectivity index is 0. The number of carbonyl (C=O) groups is 1. The Hall–Kier alpha value is -0.290. The Bertz CT molecular complexity index is 228. The van der Waals surface area contributed by atoms with Crippen LogP contribution in [0.5, 0.6) is 0 Å². The number of rotatable bonds is 6. The molecule has 0 aromatic heterocycles. The van der Waals surface area contributed by atoms with Gasteiger partial charge in [-0.25, -0.2) is 0 Å². The van der Waals surface area contributed by atoms with E-state index in [2.05, 4.69) is 30.2 Å². The molecule has 0 spiro atoms. The summed E-state index contributed by atoms with van der Waals surface area (Å²) in [7, 11) is 1.43. The summed E-state index contributed by atoms with van der Waals surface area (Å²) < 4.78 is 0.194. The highest BCUT2D eigenvalue weighted by Crippen LogP contribution is 2.03. The van der Waals surface area contributed by atoms with E-state index in [4.69, 9.17) is 21.1 Å². The number of hydrogen-bond acceptors (Lipinski definition) is 7. The SMILES string of the molecule is CN[C@@H](C=O)[C@@H](O)[C@H](O)[C@H](O)CO.NC(=S)S. The zero-order valence-corrected chi connectivity index (χ0v) is 10.9. The van der Waals surface area contributed by atoms with Crippen LogP contribution >= 0.6 is 24.8 Å². The topological polar surface area (TPSA) is 136 Å². The average Bonchev–Trinajstić information content (AvgIpc) is 2.27. The maximum atomic E-state index is 10.3. The molecule has 0 aliphatic carbocycles. The lowest BCUT2D eigenvalue weighted by molar-refractivity contribution is -0.119. The molecule has 0 bridgehead atoms. The van der Waals surface area contributed by atoms with Crippen molar-refractivity contribution < 1.29 is 25.2 Å². The molecule has 0 amide bonds. The first-order chi connectivity index (χ1) is 7.81. The van der Waals surface area contributed by atoms with Gasteiger partial charge in [-0.3, -0.25) is 0 Å². The molecule has 0 aromatic rings. The van der Waals surface area contributed by atoms with Gasteiger partial charge in [-0.05, 0) is 7.05 Å². The molecular formula is C8H18N2O5S2. The Kier molecular flexibility index (Phi) is 12.2. The highest BCUT2D eigenvalue weighted by Gasteiger charge is 2.29. The van der Waals surface area contributed by atoms with E-state index in [-0.39, 0.29) is 4.32 Å². The molecule has 102 valence electrons. The molecule has 7 N–H and O–H groups in total. The largest absolute Gasteiger partial charge is 0.394 e. The molecule has 4 atom stereocenters. The molecule has 0 radical (unpaired) electrons. The van der Waals surface area contributed by atoms with Crippen molar-refractivity contribution in [3.8, 4) is 0 Å². The summed E-state index contributed by atoms with van der Waals surface area (Å²) in [6.07, 6.45) is -4.03. The predicted molar refractivity (Wildman–Crippen MR) is 69.8 cm³/mol. The first-order valence-electron chi connectivity index (χ1n) is 4.57. The summed E-state index contributed by atoms with van der Waals surface area (Å²) in [6, 6.07) is -0.962. The summed E-state index contributed by atoms with van der Waals surface area (Å²) in [5.74, 6) is 0. The summed E-state index contributed by atoms with van der Waals surface area (Å²) in [6.45, 7) is -0.673. The molecule has 0 saturated carbocycles. The van der Waals surface area contributed by atoms with Gasteiger partial charge in [-0.2, -0.15) is 0 Å². The molecule has 0 heterocycles. The van der Waals surface area contributed by atoms with E-state index in [0.717, 1.165) is 0 Å². The minimum absolute atomic E-state index is 0.194. The number of aldehydes is 1. The second-order valence-corrected chi connectivity index (χ2v) is 4.24. The number of carbonyl (C=O) groups excluding carboxylic acids is 1. The number of aliphatic hydroxyl groups excluding tert-OH is 4. The second-order valence-electron chi connectivity index (χ2n) is 3.02. The van der Waals surface area contributed by atoms with Crippen LogP contribution in [-0.4, -0.2) is 69.0 Å². The van der Waals surface area contributed by atoms with Crippen molar-refractivity contribution >= 4 is 35.5 Å². The quantitative estimate of drug-likeness (QED) is 0.156. The first-order valence-corrected chi connectivity index (χ1v) is 5.43. The van der Waals surface area contributed by atoms with Crippen LogP contribution < -0.4 is 11.1 Å². The number of thiol groups is 1. The van der Waals surface area contributed by atoms with Gasteiger partial charge < -0.3 is 36.3 Å². The monoisotopic (exact) mass is 286 g/mol. The molecule has 0 aliphatic heterocycles. The lowest BCUT2D eigenvalue weighted by atomic mass is 10.0. The number of nitrogens with one attached hydrogen (secondary N) is 1. The van der Waals surface area contributed by atoms with Gasteiger partial charge in [0.05, 0.1) is 12.6 Å². The van der Waals surface area contributed by atoms with Gasteiger partial charge in [-0.15, -0.1) is 12.6 Å². The lowest BCUT2D eigenvalue weighted by Crippen LogP contribution is -2.51. The van der Waals surface area contributed by atoms with Crippen molar-refractivity contribution in [2.24, 2.45) is 5.73 Å². The molecule has 0 fully saturated rings. The number of aliphatic hydroxyl groups is 4. The van der Waals surface area contributed by atoms with Gasteiger partial charge in [0.1, 0.15) is 28.9 Å². The minimum atomic E-state index is -1.55. The highest BCUT2D eigenvalue weighted by atomic mass is 32.1. The zero-order valence-electron chi connectivity index (χ0n) is 9.22. The van der Waals surface area contributed by atoms with Crippen molar-refractivity contribution in [2.75, 3.05) is 13.7 Å². The molecule has 0 aromatic carbocycles. The summed E-state index contributed by atoms with van der Waals surface area (Å²) in [4.78, 5) is 10.3. The van der Waals surface area contributed by atoms with Crippen molar-refractivity contribution in [1.82, 2.24) is 5.32 Å². The molecule has 9 heteroatoms. The van der Waals surface area contributed by atoms with E-state index in [1.807, 2.05) is 0 Å². The van der Waals surface area contributed by atoms with Crippen LogP contribution in [0.1, 0.15) is 0 Å². The van der Waals surface area contributed by atoms with E-state index >= 15 is 0 Å². The fourth-order valence-electron chi connectivity index (χ4n) is 0.867. The van der Waals surface area contributed by atoms with Gasteiger partial charge in [0.2, 0.25) is 0 Å². The average molecular weight is 286 g/mol. The number of likely N-dealkylation sites (N-methyl/N-ethyl adjacent to an activating group) is 1. The third-order valence-corrected chi connectivity index (χ3v) is 1.78. The Morgan fingerprint density at radius 3 is 2.12 bits per heavy atom. The van der Waals surface area contributed by atoms with Crippen LogP contribution in [0.15, 0.2) is 0 Å². The second kappa shape index (κ2) is 10.8. The molecule has 7 nitrogen and oxygen atoms in total. The third kappa shape index (κ3) is 9.41. The van der Waals surface area contributed by atoms with E-state index in [9.17, 15) is 9.90 Å². The van der Waals surface area contributed by atoms with Gasteiger partial charge in [0.25, 0.3) is 0 Å². The van der Waals surface area contributed by atoms with Gasteiger partial charge in [0.15, 0.2) is 0 Å². The van der Waals surface area contributed by atoms with Crippen molar-refractivity contribution in [3.63, 3.8) is 0 Å². The Labute approximate surface area is 110 Å². The molecular weight excluding hydrogens is 268 g/mol. The first kappa shape index (κ1) is 19.1. The molecule has 0 aliphatic rings. The Morgan fingerprint density at radius 1 is 1.47 bits per heavy atom. The summed E-state index contributed by atoms with van der Waals surface area (Å²) in [5, 5.41) is 38.2. The normalized spacial score (nSPS) is 17.1. The smallest absolute Gasteiger partial charge is 0.139 e. The van der Waals surface area contributed by atoms with E-state index in [0.29, 0.717) is 6.29 Å². The van der Waals surface area contributed by atoms with Crippen LogP contribution in [-0.2, 0) is 4.79 Å². The van der Waals surface area contributed by atoms with Crippen LogP contribution in [0, 0.1) is 0 Å². The number of hydrogen-bond donors (Lipinski definition) is 7. The Morgan fingerprint density at radius 2 is 1.88 bits per heavy atom. The molecule has 0 unspecified atom stereocenters. The summed E-state index contributed by atoms with van der Waals surface area (Å²) >= 11 is 7.65. The number of thiocarbonyl (C=S) groups is 1. The van der Waals surface area contributed by atoms with Crippen LogP contribution in [0.25, 0.3) is 0 Å². The molecule has 0 saturated heterocycles. The van der Waals surface area contributed by atoms with Gasteiger partial charge in [0, 0.05) is 0 Å². The van der Waals surface area contributed by atoms with Crippen LogP contribution in [0.4, 0.5) is 0 Å². The summed E-state index contributed by atoms with van der Waals surface area (Å²) in [5.41, 5.74) is 4.71. The minimum Gasteiger partial charge on any atom is -0.394 e. The lowest BCUT2D eigenvalue weighted by Gasteiger charge is -2.25. The van der Waals surface area contributed by atoms with Gasteiger partial charge in [-0.1, -0.05) is 12.2 Å². The fourth-order valence-corrected chi connectivity index (χ4v) is 0.867. The number of nitrogens with two attached hydrogens (primary N) is 1. The zero-order chi connectivity index (χ0) is 14.0. The molecule has 0 rings (SSSR count). The van der Waals surface area contributed by atoms with Crippen molar-refractivity contribution in [3.05, 3.63) is 0 Å². The van der Waals surface area contributed by atoms with Crippen molar-refractivity contribution in [1.29, 1.82) is 0 Å². The van der Waals surface area contributed by atoms with Gasteiger partial charge >= 0.3 is 0 Å². The van der Waals surface area contributed by atoms with E-state index < -0.39 is 31.0 Å². The standard InChI is InChI=1S/C7H15NO5.CH3NS2/c1-8-4(2-9)6(12)7(13)5(11)3-10;2-1(3)4/h2,4-8,10-13H,3H2,1H3;(H3,2,3,4)/t4-,5+,6+,7+;/m0./s1. The van der Waals surface area contributed by atoms with E-state index in [1.54, 1.807) is 0 Å². The maximum Gasteiger partial charge on any atom is 0.139 e. The highest BCUT2D eigenvalue weighted by molar-refractivity contribution is 8.10.